The van der Waals surface area contributed by atoms with Gasteiger partial charge in [-0.05, 0) is 39.5 Å². The van der Waals surface area contributed by atoms with Crippen molar-refractivity contribution < 1.29 is 0 Å². The maximum absolute atomic E-state index is 6.46. The van der Waals surface area contributed by atoms with E-state index in [2.05, 4.69) is 37.3 Å². The van der Waals surface area contributed by atoms with E-state index in [-0.39, 0.29) is 0 Å². The van der Waals surface area contributed by atoms with Crippen LogP contribution in [0.15, 0.2) is 0 Å². The fraction of sp³-hybridized carbons (Fsp3) is 1.00. The average molecular weight is 243 g/mol. The lowest BCUT2D eigenvalue weighted by Gasteiger charge is -2.51. The molecule has 1 fully saturated rings. The lowest BCUT2D eigenvalue weighted by atomic mass is 11.3. The Bertz CT molecular complexity index is 162. The van der Waals surface area contributed by atoms with E-state index in [0.717, 1.165) is 11.3 Å². The second kappa shape index (κ2) is 3.26. The fourth-order valence-corrected chi connectivity index (χ4v) is 21.9. The molecule has 0 aromatic heterocycles. The summed E-state index contributed by atoms with van der Waals surface area (Å²) in [5.74, 6) is 0. The second-order valence-corrected chi connectivity index (χ2v) is 16.5. The minimum atomic E-state index is -1.58. The van der Waals surface area contributed by atoms with Crippen LogP contribution in [0.4, 0.5) is 0 Å². The first-order valence-corrected chi connectivity index (χ1v) is 10.8. The Morgan fingerprint density at radius 1 is 0.833 bits per heavy atom. The summed E-state index contributed by atoms with van der Waals surface area (Å²) in [6.07, 6.45) is 0. The van der Waals surface area contributed by atoms with Crippen LogP contribution in [0.25, 0.3) is 0 Å². The molecule has 0 N–H and O–H groups in total. The van der Waals surface area contributed by atoms with Gasteiger partial charge in [0, 0.05) is 0 Å². The smallest absolute Gasteiger partial charge is 0.228 e. The van der Waals surface area contributed by atoms with Gasteiger partial charge < -0.3 is 9.13 Å². The van der Waals surface area contributed by atoms with Gasteiger partial charge in [0.2, 0.25) is 15.1 Å². The van der Waals surface area contributed by atoms with Crippen molar-refractivity contribution in [3.8, 4) is 0 Å². The highest BCUT2D eigenvalue weighted by Crippen LogP contribution is 2.47. The first kappa shape index (κ1) is 11.0. The number of halogens is 2. The summed E-state index contributed by atoms with van der Waals surface area (Å²) >= 11 is 12.9. The molecule has 0 spiro atoms. The molecule has 1 saturated heterocycles. The van der Waals surface area contributed by atoms with Crippen LogP contribution in [0.1, 0.15) is 0 Å². The molecule has 1 rings (SSSR count). The van der Waals surface area contributed by atoms with E-state index >= 15 is 0 Å². The van der Waals surface area contributed by atoms with E-state index in [1.165, 1.54) is 0 Å². The van der Waals surface area contributed by atoms with Crippen LogP contribution < -0.4 is 0 Å². The fourth-order valence-electron chi connectivity index (χ4n) is 1.41. The van der Waals surface area contributed by atoms with Crippen molar-refractivity contribution in [1.29, 1.82) is 0 Å². The van der Waals surface area contributed by atoms with Crippen molar-refractivity contribution in [1.82, 2.24) is 9.13 Å². The maximum atomic E-state index is 6.46. The molecule has 0 saturated carbocycles. The molecule has 0 unspecified atom stereocenters. The first-order valence-electron chi connectivity index (χ1n) is 4.03. The molecule has 0 radical (unpaired) electrons. The predicted molar refractivity (Wildman–Crippen MR) is 60.2 cm³/mol. The third kappa shape index (κ3) is 1.74. The van der Waals surface area contributed by atoms with E-state index in [0.29, 0.717) is 0 Å². The Labute approximate surface area is 86.0 Å². The molecule has 0 amide bonds. The first-order chi connectivity index (χ1) is 5.30. The van der Waals surface area contributed by atoms with Crippen LogP contribution in [-0.4, -0.2) is 52.4 Å². The highest BCUT2D eigenvalue weighted by atomic mass is 35.6. The summed E-state index contributed by atoms with van der Waals surface area (Å²) in [7, 11) is 5.12. The normalized spacial score (nSPS) is 42.0. The van der Waals surface area contributed by atoms with Gasteiger partial charge in [-0.2, -0.15) is 0 Å². The zero-order chi connectivity index (χ0) is 9.57. The molecule has 0 aromatic carbocycles. The van der Waals surface area contributed by atoms with Gasteiger partial charge in [-0.15, -0.1) is 22.2 Å². The molecule has 0 aromatic rings. The van der Waals surface area contributed by atoms with Crippen molar-refractivity contribution >= 4 is 37.2 Å². The van der Waals surface area contributed by atoms with Crippen molar-refractivity contribution in [3.63, 3.8) is 0 Å². The van der Waals surface area contributed by atoms with Crippen LogP contribution in [0.2, 0.25) is 11.3 Å². The summed E-state index contributed by atoms with van der Waals surface area (Å²) in [5, 5.41) is 0. The number of hydrogen-bond acceptors (Lipinski definition) is 2. The SMILES string of the molecule is CN(C)[Si]1(Cl)C[Si](Cl)(N(C)C)C1. The van der Waals surface area contributed by atoms with Gasteiger partial charge in [-0.3, -0.25) is 0 Å². The van der Waals surface area contributed by atoms with Gasteiger partial charge in [-0.1, -0.05) is 0 Å². The van der Waals surface area contributed by atoms with Crippen LogP contribution in [0.3, 0.4) is 0 Å². The third-order valence-electron chi connectivity index (χ3n) is 2.69. The van der Waals surface area contributed by atoms with Crippen molar-refractivity contribution in [2.75, 3.05) is 28.2 Å². The minimum absolute atomic E-state index is 1.09. The zero-order valence-corrected chi connectivity index (χ0v) is 11.6. The largest absolute Gasteiger partial charge is 0.317 e. The molecule has 0 aliphatic carbocycles. The summed E-state index contributed by atoms with van der Waals surface area (Å²) < 4.78 is 4.40. The number of hydrogen-bond donors (Lipinski definition) is 0. The Hall–Kier alpha value is 0.934. The van der Waals surface area contributed by atoms with Crippen LogP contribution in [0.5, 0.6) is 0 Å². The Morgan fingerprint density at radius 3 is 1.25 bits per heavy atom. The Morgan fingerprint density at radius 2 is 1.08 bits per heavy atom. The van der Waals surface area contributed by atoms with Gasteiger partial charge in [0.05, 0.1) is 0 Å². The standard InChI is InChI=1S/C6H16Cl2N2Si2/c1-9(2)11(7)5-12(8,6-11)10(3)4/h5-6H2,1-4H3. The molecule has 0 bridgehead atoms. The highest BCUT2D eigenvalue weighted by molar-refractivity contribution is 7.43. The molecule has 1 aliphatic rings. The lowest BCUT2D eigenvalue weighted by molar-refractivity contribution is 0.590. The molecule has 1 heterocycles. The van der Waals surface area contributed by atoms with Gasteiger partial charge in [-0.25, -0.2) is 0 Å². The third-order valence-corrected chi connectivity index (χ3v) is 21.4. The molecule has 72 valence electrons. The average Bonchev–Trinajstić information content (AvgIpc) is 1.83. The predicted octanol–water partition coefficient (Wildman–Crippen LogP) is 1.56. The van der Waals surface area contributed by atoms with Crippen molar-refractivity contribution in [3.05, 3.63) is 0 Å². The Kier molecular flexibility index (Phi) is 2.99. The van der Waals surface area contributed by atoms with Gasteiger partial charge in [0.15, 0.2) is 0 Å². The molecule has 6 heteroatoms. The topological polar surface area (TPSA) is 6.48 Å². The lowest BCUT2D eigenvalue weighted by Crippen LogP contribution is -2.69. The van der Waals surface area contributed by atoms with E-state index < -0.39 is 15.1 Å². The molecular formula is C6H16Cl2N2Si2. The number of nitrogens with zero attached hydrogens (tertiary/aromatic N) is 2. The van der Waals surface area contributed by atoms with Crippen LogP contribution in [-0.2, 0) is 0 Å². The second-order valence-electron chi connectivity index (χ2n) is 3.98. The van der Waals surface area contributed by atoms with Crippen LogP contribution >= 0.6 is 22.2 Å². The molecule has 0 atom stereocenters. The number of rotatable bonds is 2. The van der Waals surface area contributed by atoms with Crippen molar-refractivity contribution in [2.45, 2.75) is 11.3 Å². The molecule has 12 heavy (non-hydrogen) atoms. The summed E-state index contributed by atoms with van der Waals surface area (Å²) in [4.78, 5) is 0. The highest BCUT2D eigenvalue weighted by Gasteiger charge is 2.60. The van der Waals surface area contributed by atoms with Crippen LogP contribution in [0, 0.1) is 0 Å². The van der Waals surface area contributed by atoms with Gasteiger partial charge in [0.25, 0.3) is 0 Å². The van der Waals surface area contributed by atoms with Crippen molar-refractivity contribution in [2.24, 2.45) is 0 Å². The molecule has 2 nitrogen and oxygen atoms in total. The molecule has 1 aliphatic heterocycles. The Balaban J connectivity index is 2.56. The van der Waals surface area contributed by atoms with Gasteiger partial charge in [0.1, 0.15) is 0 Å². The summed E-state index contributed by atoms with van der Waals surface area (Å²) in [6.45, 7) is 0. The minimum Gasteiger partial charge on any atom is -0.317 e. The van der Waals surface area contributed by atoms with E-state index in [1.807, 2.05) is 0 Å². The molecular weight excluding hydrogens is 227 g/mol. The summed E-state index contributed by atoms with van der Waals surface area (Å²) in [5.41, 5.74) is 2.17. The monoisotopic (exact) mass is 242 g/mol. The van der Waals surface area contributed by atoms with E-state index in [4.69, 9.17) is 22.2 Å². The maximum Gasteiger partial charge on any atom is 0.228 e. The van der Waals surface area contributed by atoms with Gasteiger partial charge >= 0.3 is 0 Å². The van der Waals surface area contributed by atoms with E-state index in [1.54, 1.807) is 0 Å². The summed E-state index contributed by atoms with van der Waals surface area (Å²) in [6, 6.07) is 0. The quantitative estimate of drug-likeness (QED) is 0.536. The van der Waals surface area contributed by atoms with E-state index in [9.17, 15) is 0 Å². The zero-order valence-electron chi connectivity index (χ0n) is 8.06.